The second-order valence-corrected chi connectivity index (χ2v) is 5.96. The number of Topliss-reactive ketones (excluding diaryl/α,β-unsaturated/α-hetero) is 1. The van der Waals surface area contributed by atoms with Gasteiger partial charge in [-0.2, -0.15) is 0 Å². The lowest BCUT2D eigenvalue weighted by atomic mass is 9.98. The van der Waals surface area contributed by atoms with E-state index in [1.807, 2.05) is 26.8 Å². The number of rotatable bonds is 6. The van der Waals surface area contributed by atoms with Crippen molar-refractivity contribution >= 4 is 23.5 Å². The molecule has 0 unspecified atom stereocenters. The molecule has 0 atom stereocenters. The van der Waals surface area contributed by atoms with Gasteiger partial charge < -0.3 is 4.74 Å². The monoisotopic (exact) mass is 353 g/mol. The highest BCUT2D eigenvalue weighted by molar-refractivity contribution is 6.00. The summed E-state index contributed by atoms with van der Waals surface area (Å²) < 4.78 is 4.98. The molecule has 0 aromatic heterocycles. The zero-order valence-electron chi connectivity index (χ0n) is 14.8. The molecule has 0 radical (unpaired) electrons. The number of esters is 1. The lowest BCUT2D eigenvalue weighted by Crippen LogP contribution is -2.14. The number of hydrogen-bond donors (Lipinski definition) is 0. The molecule has 26 heavy (non-hydrogen) atoms. The molecule has 0 amide bonds. The van der Waals surface area contributed by atoms with Crippen molar-refractivity contribution in [1.29, 1.82) is 0 Å². The fourth-order valence-corrected chi connectivity index (χ4v) is 2.39. The van der Waals surface area contributed by atoms with E-state index in [4.69, 9.17) is 4.74 Å². The molecule has 134 valence electrons. The first-order chi connectivity index (χ1) is 12.3. The van der Waals surface area contributed by atoms with Crippen LogP contribution in [0.5, 0.6) is 0 Å². The highest BCUT2D eigenvalue weighted by Gasteiger charge is 2.12. The molecule has 0 fully saturated rings. The molecule has 0 aliphatic heterocycles. The van der Waals surface area contributed by atoms with Crippen molar-refractivity contribution in [2.75, 3.05) is 6.61 Å². The fraction of sp³-hybridized carbons (Fsp3) is 0.200. The number of non-ortho nitro benzene ring substituents is 1. The Hall–Kier alpha value is -3.28. The van der Waals surface area contributed by atoms with Crippen molar-refractivity contribution in [1.82, 2.24) is 0 Å². The third-order valence-corrected chi connectivity index (χ3v) is 4.00. The van der Waals surface area contributed by atoms with Crippen LogP contribution in [0.3, 0.4) is 0 Å². The molecule has 0 bridgehead atoms. The van der Waals surface area contributed by atoms with E-state index in [1.54, 1.807) is 6.07 Å². The molecule has 0 saturated heterocycles. The summed E-state index contributed by atoms with van der Waals surface area (Å²) in [5, 5.41) is 10.6. The molecule has 0 spiro atoms. The van der Waals surface area contributed by atoms with E-state index in [2.05, 4.69) is 0 Å². The van der Waals surface area contributed by atoms with Gasteiger partial charge >= 0.3 is 5.97 Å². The first kappa shape index (κ1) is 19.1. The van der Waals surface area contributed by atoms with Gasteiger partial charge in [-0.3, -0.25) is 14.9 Å². The normalized spacial score (nSPS) is 10.7. The minimum absolute atomic E-state index is 0.0286. The summed E-state index contributed by atoms with van der Waals surface area (Å²) in [5.41, 5.74) is 4.07. The van der Waals surface area contributed by atoms with Gasteiger partial charge in [0.2, 0.25) is 5.78 Å². The fourth-order valence-electron chi connectivity index (χ4n) is 2.39. The number of carbonyl (C=O) groups is 2. The molecule has 2 aromatic rings. The van der Waals surface area contributed by atoms with E-state index in [0.29, 0.717) is 11.1 Å². The minimum atomic E-state index is -0.654. The Kier molecular flexibility index (Phi) is 6.01. The summed E-state index contributed by atoms with van der Waals surface area (Å²) in [4.78, 5) is 34.1. The van der Waals surface area contributed by atoms with Crippen LogP contribution in [0.1, 0.15) is 32.6 Å². The Bertz CT molecular complexity index is 882. The predicted octanol–water partition coefficient (Wildman–Crippen LogP) is 3.96. The van der Waals surface area contributed by atoms with Gasteiger partial charge in [-0.15, -0.1) is 0 Å². The molecule has 0 saturated carbocycles. The lowest BCUT2D eigenvalue weighted by Gasteiger charge is -2.09. The van der Waals surface area contributed by atoms with E-state index in [0.717, 1.165) is 16.7 Å². The SMILES string of the molecule is Cc1cc(C)c(C(=O)COC(=O)C=Cc2ccc([N+](=O)[O-])cc2)cc1C. The number of ether oxygens (including phenoxy) is 1. The van der Waals surface area contributed by atoms with Gasteiger partial charge in [-0.1, -0.05) is 6.07 Å². The summed E-state index contributed by atoms with van der Waals surface area (Å²) >= 11 is 0. The van der Waals surface area contributed by atoms with Crippen LogP contribution in [0.4, 0.5) is 5.69 Å². The van der Waals surface area contributed by atoms with E-state index in [9.17, 15) is 19.7 Å². The predicted molar refractivity (Wildman–Crippen MR) is 98.1 cm³/mol. The Morgan fingerprint density at radius 3 is 2.27 bits per heavy atom. The smallest absolute Gasteiger partial charge is 0.331 e. The zero-order valence-corrected chi connectivity index (χ0v) is 14.8. The molecular weight excluding hydrogens is 334 g/mol. The standard InChI is InChI=1S/C20H19NO5/c1-13-10-15(3)18(11-14(13)2)19(22)12-26-20(23)9-6-16-4-7-17(8-5-16)21(24)25/h4-11H,12H2,1-3H3. The Morgan fingerprint density at radius 2 is 1.65 bits per heavy atom. The number of benzene rings is 2. The molecule has 6 nitrogen and oxygen atoms in total. The Labute approximate surface area is 151 Å². The van der Waals surface area contributed by atoms with Crippen LogP contribution in [0.25, 0.3) is 6.08 Å². The van der Waals surface area contributed by atoms with Gasteiger partial charge in [0.25, 0.3) is 5.69 Å². The quantitative estimate of drug-likeness (QED) is 0.258. The number of hydrogen-bond acceptors (Lipinski definition) is 5. The average Bonchev–Trinajstić information content (AvgIpc) is 2.61. The van der Waals surface area contributed by atoms with Gasteiger partial charge in [0.15, 0.2) is 6.61 Å². The van der Waals surface area contributed by atoms with Gasteiger partial charge in [0, 0.05) is 23.8 Å². The molecule has 6 heteroatoms. The van der Waals surface area contributed by atoms with E-state index in [1.165, 1.54) is 36.4 Å². The molecular formula is C20H19NO5. The average molecular weight is 353 g/mol. The van der Waals surface area contributed by atoms with Crippen molar-refractivity contribution in [3.8, 4) is 0 Å². The first-order valence-corrected chi connectivity index (χ1v) is 7.98. The maximum atomic E-state index is 12.2. The van der Waals surface area contributed by atoms with Gasteiger partial charge in [-0.05, 0) is 67.3 Å². The van der Waals surface area contributed by atoms with Crippen molar-refractivity contribution in [3.05, 3.63) is 80.4 Å². The highest BCUT2D eigenvalue weighted by Crippen LogP contribution is 2.16. The molecule has 0 N–H and O–H groups in total. The third-order valence-electron chi connectivity index (χ3n) is 4.00. The summed E-state index contributed by atoms with van der Waals surface area (Å²) in [6.07, 6.45) is 2.65. The maximum absolute atomic E-state index is 12.2. The lowest BCUT2D eigenvalue weighted by molar-refractivity contribution is -0.384. The second kappa shape index (κ2) is 8.20. The number of nitrogens with zero attached hydrogens (tertiary/aromatic N) is 1. The largest absolute Gasteiger partial charge is 0.454 e. The molecule has 2 rings (SSSR count). The third kappa shape index (κ3) is 4.86. The van der Waals surface area contributed by atoms with Crippen LogP contribution < -0.4 is 0 Å². The summed E-state index contributed by atoms with van der Waals surface area (Å²) in [6, 6.07) is 9.46. The summed E-state index contributed by atoms with van der Waals surface area (Å²) in [5.74, 6) is -0.916. The van der Waals surface area contributed by atoms with Gasteiger partial charge in [-0.25, -0.2) is 4.79 Å². The number of ketones is 1. The first-order valence-electron chi connectivity index (χ1n) is 7.98. The topological polar surface area (TPSA) is 86.5 Å². The summed E-state index contributed by atoms with van der Waals surface area (Å²) in [7, 11) is 0. The second-order valence-electron chi connectivity index (χ2n) is 5.96. The van der Waals surface area contributed by atoms with E-state index < -0.39 is 10.9 Å². The maximum Gasteiger partial charge on any atom is 0.331 e. The Balaban J connectivity index is 1.95. The van der Waals surface area contributed by atoms with Crippen molar-refractivity contribution < 1.29 is 19.2 Å². The van der Waals surface area contributed by atoms with Crippen LogP contribution >= 0.6 is 0 Å². The number of nitro groups is 1. The van der Waals surface area contributed by atoms with Crippen molar-refractivity contribution in [3.63, 3.8) is 0 Å². The van der Waals surface area contributed by atoms with Crippen LogP contribution in [0.15, 0.2) is 42.5 Å². The Morgan fingerprint density at radius 1 is 1.04 bits per heavy atom. The van der Waals surface area contributed by atoms with Crippen molar-refractivity contribution in [2.24, 2.45) is 0 Å². The van der Waals surface area contributed by atoms with Gasteiger partial charge in [0.1, 0.15) is 0 Å². The molecule has 0 aliphatic carbocycles. The number of aryl methyl sites for hydroxylation is 3. The van der Waals surface area contributed by atoms with E-state index >= 15 is 0 Å². The molecule has 0 aliphatic rings. The van der Waals surface area contributed by atoms with Gasteiger partial charge in [0.05, 0.1) is 4.92 Å². The van der Waals surface area contributed by atoms with Crippen molar-refractivity contribution in [2.45, 2.75) is 20.8 Å². The minimum Gasteiger partial charge on any atom is -0.454 e. The van der Waals surface area contributed by atoms with Crippen LogP contribution in [-0.2, 0) is 9.53 Å². The summed E-state index contributed by atoms with van der Waals surface area (Å²) in [6.45, 7) is 5.40. The molecule has 2 aromatic carbocycles. The van der Waals surface area contributed by atoms with Crippen LogP contribution in [-0.4, -0.2) is 23.3 Å². The van der Waals surface area contributed by atoms with E-state index in [-0.39, 0.29) is 18.1 Å². The van der Waals surface area contributed by atoms with Crippen LogP contribution in [0.2, 0.25) is 0 Å². The number of carbonyl (C=O) groups excluding carboxylic acids is 2. The molecule has 0 heterocycles. The van der Waals surface area contributed by atoms with Crippen LogP contribution in [0, 0.1) is 30.9 Å². The number of nitro benzene ring substituents is 1. The zero-order chi connectivity index (χ0) is 19.3. The highest BCUT2D eigenvalue weighted by atomic mass is 16.6.